The van der Waals surface area contributed by atoms with Crippen molar-refractivity contribution in [2.75, 3.05) is 62.2 Å². The smallest absolute Gasteiger partial charge is 0.249 e. The minimum Gasteiger partial charge on any atom is -0.457 e. The number of carbonyl (C=O) groups is 4. The molecule has 0 radical (unpaired) electrons. The zero-order valence-electron chi connectivity index (χ0n) is 71.2. The first kappa shape index (κ1) is 85.6. The molecule has 4 amide bonds. The molecule has 8 aromatic carbocycles. The molecule has 0 fully saturated rings. The lowest BCUT2D eigenvalue weighted by Crippen LogP contribution is -2.37. The van der Waals surface area contributed by atoms with Gasteiger partial charge in [-0.1, -0.05) is 117 Å². The van der Waals surface area contributed by atoms with Gasteiger partial charge in [0, 0.05) is 74.3 Å². The van der Waals surface area contributed by atoms with E-state index in [0.29, 0.717) is 153 Å². The molecule has 0 unspecified atom stereocenters. The molecule has 0 spiro atoms. The van der Waals surface area contributed by atoms with Crippen molar-refractivity contribution < 1.29 is 38.1 Å². The number of hydrogen-bond acceptors (Lipinski definition) is 24. The number of benzene rings is 8. The molecule has 4 aliphatic heterocycles. The summed E-state index contributed by atoms with van der Waals surface area (Å²) in [4.78, 5) is 89.6. The van der Waals surface area contributed by atoms with Gasteiger partial charge in [0.2, 0.25) is 23.6 Å². The summed E-state index contributed by atoms with van der Waals surface area (Å²) >= 11 is 0. The van der Waals surface area contributed by atoms with Gasteiger partial charge in [-0.05, 0) is 190 Å². The molecule has 0 bridgehead atoms. The molecule has 0 aliphatic carbocycles. The first-order valence-corrected chi connectivity index (χ1v) is 42.1. The second kappa shape index (κ2) is 38.9. The predicted molar refractivity (Wildman–Crippen MR) is 503 cm³/mol. The summed E-state index contributed by atoms with van der Waals surface area (Å²) in [6.07, 6.45) is 24.3. The summed E-state index contributed by atoms with van der Waals surface area (Å²) in [7, 11) is 0. The quantitative estimate of drug-likeness (QED) is 0.0431. The van der Waals surface area contributed by atoms with E-state index in [1.807, 2.05) is 241 Å². The Labute approximate surface area is 751 Å². The maximum atomic E-state index is 12.1. The van der Waals surface area contributed by atoms with Gasteiger partial charge >= 0.3 is 0 Å². The number of amides is 4. The Morgan fingerprint density at radius 2 is 0.771 bits per heavy atom. The topological polar surface area (TPSA) is 397 Å². The molecule has 652 valence electrons. The van der Waals surface area contributed by atoms with Crippen LogP contribution in [0.15, 0.2) is 318 Å². The number of aromatic nitrogens is 16. The standard InChI is InChI=1S/3C25H22N6O2.C24H22N6O2/c3*1-2-21(32)30-14-6-7-18(15-30)31-25-22(24(26)27-16-28-25)23(29-31)17-10-12-20(13-11-17)33-19-8-4-3-5-9-19;1-16(31)29-13-5-6-18(14-29)30-24-21(23(25)26-15-27-24)22(28-30)17-9-11-20(12-10-17)32-19-7-3-2-4-8-19/h2-5,8-13,15-16H,1,6-7,14H2,(H2,26,27,28);2-6,8-14,16,18H,1,7,15H2,(H2,26,27,28);2-13,16,18H,1,14-15H2,(H2,26,27,28);2-4,6-12,15H,5,13-14H2,1H3,(H2,25,26,27)/t;2*18-;/m.11./s1. The average molecular weight is 1740 g/mol. The third-order valence-corrected chi connectivity index (χ3v) is 22.0. The second-order valence-electron chi connectivity index (χ2n) is 30.5. The summed E-state index contributed by atoms with van der Waals surface area (Å²) in [5.41, 5.74) is 35.3. The first-order valence-electron chi connectivity index (χ1n) is 42.1. The van der Waals surface area contributed by atoms with Gasteiger partial charge in [0.15, 0.2) is 22.6 Å². The van der Waals surface area contributed by atoms with E-state index in [0.717, 1.165) is 81.7 Å². The van der Waals surface area contributed by atoms with Crippen LogP contribution in [0.4, 0.5) is 23.3 Å². The van der Waals surface area contributed by atoms with Gasteiger partial charge < -0.3 is 61.5 Å². The minimum atomic E-state index is -0.186. The van der Waals surface area contributed by atoms with Gasteiger partial charge in [-0.3, -0.25) is 19.2 Å². The molecule has 32 nitrogen and oxygen atoms in total. The van der Waals surface area contributed by atoms with Crippen molar-refractivity contribution in [1.82, 2.24) is 98.6 Å². The van der Waals surface area contributed by atoms with Crippen LogP contribution in [-0.2, 0) is 19.2 Å². The van der Waals surface area contributed by atoms with Crippen LogP contribution in [0.5, 0.6) is 46.0 Å². The third-order valence-electron chi connectivity index (χ3n) is 22.0. The van der Waals surface area contributed by atoms with Crippen LogP contribution in [0, 0.1) is 0 Å². The fourth-order valence-corrected chi connectivity index (χ4v) is 15.5. The lowest BCUT2D eigenvalue weighted by molar-refractivity contribution is -0.128. The molecule has 8 N–H and O–H groups in total. The summed E-state index contributed by atoms with van der Waals surface area (Å²) in [6, 6.07) is 68.7. The number of nitrogen functional groups attached to an aromatic ring is 4. The van der Waals surface area contributed by atoms with Gasteiger partial charge in [-0.15, -0.1) is 0 Å². The van der Waals surface area contributed by atoms with E-state index in [2.05, 4.69) is 65.7 Å². The molecule has 32 heteroatoms. The molecule has 12 heterocycles. The van der Waals surface area contributed by atoms with Crippen LogP contribution in [-0.4, -0.2) is 161 Å². The van der Waals surface area contributed by atoms with E-state index in [1.165, 1.54) is 43.5 Å². The highest BCUT2D eigenvalue weighted by molar-refractivity contribution is 6.03. The molecule has 0 saturated heterocycles. The number of nitrogens with zero attached hydrogens (tertiary/aromatic N) is 20. The van der Waals surface area contributed by atoms with E-state index >= 15 is 0 Å². The number of carbonyl (C=O) groups excluding carboxylic acids is 4. The van der Waals surface area contributed by atoms with Crippen molar-refractivity contribution in [3.63, 3.8) is 0 Å². The first-order chi connectivity index (χ1) is 64.0. The Morgan fingerprint density at radius 3 is 1.19 bits per heavy atom. The molecule has 131 heavy (non-hydrogen) atoms. The summed E-state index contributed by atoms with van der Waals surface area (Å²) in [5, 5.41) is 22.1. The van der Waals surface area contributed by atoms with Crippen LogP contribution in [0.2, 0.25) is 0 Å². The largest absolute Gasteiger partial charge is 0.457 e. The number of rotatable bonds is 19. The Morgan fingerprint density at radius 1 is 0.397 bits per heavy atom. The zero-order chi connectivity index (χ0) is 90.4. The van der Waals surface area contributed by atoms with E-state index in [9.17, 15) is 19.2 Å². The number of anilines is 4. The van der Waals surface area contributed by atoms with Crippen molar-refractivity contribution in [1.29, 1.82) is 0 Å². The molecular weight excluding hydrogens is 1650 g/mol. The normalized spacial score (nSPS) is 14.6. The van der Waals surface area contributed by atoms with Gasteiger partial charge in [0.25, 0.3) is 0 Å². The molecule has 2 atom stereocenters. The average Bonchev–Trinajstić information content (AvgIpc) is 1.63. The number of hydrogen-bond donors (Lipinski definition) is 4. The Bertz CT molecular complexity index is 7040. The zero-order valence-corrected chi connectivity index (χ0v) is 71.2. The summed E-state index contributed by atoms with van der Waals surface area (Å²) < 4.78 is 30.7. The van der Waals surface area contributed by atoms with Gasteiger partial charge in [-0.25, -0.2) is 58.6 Å². The second-order valence-corrected chi connectivity index (χ2v) is 30.5. The van der Waals surface area contributed by atoms with Crippen molar-refractivity contribution in [2.45, 2.75) is 44.7 Å². The summed E-state index contributed by atoms with van der Waals surface area (Å²) in [6.45, 7) is 15.6. The van der Waals surface area contributed by atoms with E-state index < -0.39 is 0 Å². The fraction of sp³-hybridized carbons (Fsp3) is 0.131. The molecule has 0 saturated carbocycles. The number of allylic oxidation sites excluding steroid dienone is 2. The highest BCUT2D eigenvalue weighted by Crippen LogP contribution is 2.41. The van der Waals surface area contributed by atoms with Crippen molar-refractivity contribution >= 4 is 102 Å². The number of ether oxygens (including phenoxy) is 4. The number of nitrogens with two attached hydrogens (primary N) is 4. The van der Waals surface area contributed by atoms with Crippen LogP contribution < -0.4 is 41.9 Å². The molecule has 8 aromatic heterocycles. The van der Waals surface area contributed by atoms with Gasteiger partial charge in [0.05, 0.1) is 51.6 Å². The maximum absolute atomic E-state index is 12.1. The van der Waals surface area contributed by atoms with Gasteiger partial charge in [-0.2, -0.15) is 20.4 Å². The van der Waals surface area contributed by atoms with Crippen LogP contribution in [0.3, 0.4) is 0 Å². The van der Waals surface area contributed by atoms with E-state index in [1.54, 1.807) is 53.0 Å². The highest BCUT2D eigenvalue weighted by atomic mass is 16.5. The third kappa shape index (κ3) is 19.0. The molecule has 4 aliphatic rings. The Balaban J connectivity index is 0.000000122. The van der Waals surface area contributed by atoms with Crippen molar-refractivity contribution in [3.05, 3.63) is 318 Å². The van der Waals surface area contributed by atoms with Crippen molar-refractivity contribution in [3.8, 4) is 91.0 Å². The number of fused-ring (bicyclic) bond motifs is 4. The van der Waals surface area contributed by atoms with Crippen LogP contribution in [0.25, 0.3) is 101 Å². The minimum absolute atomic E-state index is 0.0374. The molecular formula is C99H88N24O8. The molecule has 20 rings (SSSR count). The van der Waals surface area contributed by atoms with Crippen LogP contribution >= 0.6 is 0 Å². The molecule has 16 aromatic rings. The summed E-state index contributed by atoms with van der Waals surface area (Å²) in [5.74, 6) is 6.96. The Kier molecular flexibility index (Phi) is 25.4. The van der Waals surface area contributed by atoms with E-state index in [4.69, 9.17) is 62.3 Å². The fourth-order valence-electron chi connectivity index (χ4n) is 15.5. The maximum Gasteiger partial charge on any atom is 0.249 e. The number of para-hydroxylation sites is 4. The predicted octanol–water partition coefficient (Wildman–Crippen LogP) is 16.8. The van der Waals surface area contributed by atoms with Gasteiger partial charge in [0.1, 0.15) is 117 Å². The SMILES string of the molecule is C=CC(=O)N1C=C(n2nc(-c3ccc(Oc4ccccc4)cc3)c3c(N)ncnc32)CCC1.C=CC(=O)N1C=CC[C@@H](n2nc(-c3ccc(Oc4ccccc4)cc3)c3c(N)ncnc32)C1.C=CC(=O)N1CC=C[C@@H](n2nc(-c3ccc(Oc4ccccc4)cc3)c3c(N)ncnc32)C1.CC(=O)N1CCC=C(n2nc(-c3ccc(Oc4ccccc4)cc3)c3c(N)ncnc32)C1. The lowest BCUT2D eigenvalue weighted by atomic mass is 10.1. The van der Waals surface area contributed by atoms with Crippen molar-refractivity contribution in [2.24, 2.45) is 0 Å². The highest BCUT2D eigenvalue weighted by Gasteiger charge is 2.31. The van der Waals surface area contributed by atoms with Crippen LogP contribution in [0.1, 0.15) is 44.7 Å². The monoisotopic (exact) mass is 1740 g/mol. The lowest BCUT2D eigenvalue weighted by Gasteiger charge is -2.28. The Hall–Kier alpha value is -17.6. The van der Waals surface area contributed by atoms with E-state index in [-0.39, 0.29) is 35.7 Å².